The second kappa shape index (κ2) is 16.9. The second-order valence-corrected chi connectivity index (χ2v) is 14.2. The van der Waals surface area contributed by atoms with Crippen molar-refractivity contribution in [2.45, 2.75) is 75.5 Å². The Kier molecular flexibility index (Phi) is 12.1. The van der Waals surface area contributed by atoms with Crippen LogP contribution in [0, 0.1) is 11.3 Å². The lowest BCUT2D eigenvalue weighted by molar-refractivity contribution is -0.202. The van der Waals surface area contributed by atoms with E-state index in [1.165, 1.54) is 29.5 Å². The van der Waals surface area contributed by atoms with Crippen molar-refractivity contribution in [3.8, 4) is 6.07 Å². The van der Waals surface area contributed by atoms with Gasteiger partial charge in [-0.25, -0.2) is 24.6 Å². The average molecular weight is 881 g/mol. The second-order valence-electron chi connectivity index (χ2n) is 12.6. The number of aromatic nitrogens is 6. The standard InChI is InChI=1S/C32H34IN8O12P/c1-32(2)50-25-21(49-30(26(25)51-32)40-11-9-22(42)38-31(40)44)15-47-54(46-12-6-10-34)52-19-13-23(48-20(19)14-45-53-33)41-17-37-24-27(35-16-36-28(24)41)39-29(43)18-7-4-3-5-8-18/h3-5,7-9,11,16-17,19-21,23,25-26,30H,6,12-15H2,1-2H3,(H,38,42,44)(H,35,36,39,43). The molecule has 1 aromatic carbocycles. The molecule has 2 N–H and O–H groups in total. The van der Waals surface area contributed by atoms with Gasteiger partial charge in [0, 0.05) is 24.2 Å². The number of H-pyrrole nitrogens is 1. The number of nitriles is 1. The highest BCUT2D eigenvalue weighted by molar-refractivity contribution is 14.1. The number of hydrogen-bond acceptors (Lipinski definition) is 16. The van der Waals surface area contributed by atoms with Gasteiger partial charge in [-0.3, -0.25) is 23.7 Å². The summed E-state index contributed by atoms with van der Waals surface area (Å²) >= 11 is 1.60. The summed E-state index contributed by atoms with van der Waals surface area (Å²) in [4.78, 5) is 57.8. The number of imidazole rings is 1. The van der Waals surface area contributed by atoms with E-state index >= 15 is 0 Å². The fraction of sp³-hybridized carbons (Fsp3) is 0.469. The van der Waals surface area contributed by atoms with Crippen LogP contribution >= 0.6 is 31.6 Å². The highest BCUT2D eigenvalue weighted by Gasteiger charge is 2.56. The SMILES string of the molecule is CC1(C)OC2C(COP(OCCC#N)OC3CC(n4cnc5c(NC(=O)c6ccccc6)ncnc54)OC3COOI)OC(n3ccc(=O)[nH]c3=O)C2O1. The summed E-state index contributed by atoms with van der Waals surface area (Å²) in [6.45, 7) is 3.36. The maximum absolute atomic E-state index is 12.9. The predicted molar refractivity (Wildman–Crippen MR) is 192 cm³/mol. The van der Waals surface area contributed by atoms with E-state index in [1.54, 1.807) is 65.7 Å². The first-order valence-electron chi connectivity index (χ1n) is 16.7. The molecule has 286 valence electrons. The lowest BCUT2D eigenvalue weighted by atomic mass is 10.1. The Bertz CT molecular complexity index is 2100. The van der Waals surface area contributed by atoms with Gasteiger partial charge in [0.15, 0.2) is 52.0 Å². The van der Waals surface area contributed by atoms with Gasteiger partial charge in [0.25, 0.3) is 11.5 Å². The number of rotatable bonds is 15. The van der Waals surface area contributed by atoms with Crippen molar-refractivity contribution in [2.75, 3.05) is 25.1 Å². The van der Waals surface area contributed by atoms with Crippen molar-refractivity contribution in [3.05, 3.63) is 81.7 Å². The normalized spacial score (nSPS) is 26.4. The zero-order valence-corrected chi connectivity index (χ0v) is 31.7. The summed E-state index contributed by atoms with van der Waals surface area (Å²) in [7, 11) is -2.13. The molecule has 3 aromatic heterocycles. The number of amides is 1. The van der Waals surface area contributed by atoms with E-state index in [9.17, 15) is 19.6 Å². The molecule has 3 aliphatic heterocycles. The molecule has 7 rings (SSSR count). The Labute approximate surface area is 321 Å². The number of carbonyl (C=O) groups excluding carboxylic acids is 1. The van der Waals surface area contributed by atoms with Crippen LogP contribution in [-0.4, -0.2) is 91.1 Å². The maximum atomic E-state index is 12.9. The number of benzene rings is 1. The number of fused-ring (bicyclic) bond motifs is 2. The summed E-state index contributed by atoms with van der Waals surface area (Å²) < 4.78 is 51.0. The van der Waals surface area contributed by atoms with E-state index in [-0.39, 0.29) is 44.4 Å². The Morgan fingerprint density at radius 3 is 2.67 bits per heavy atom. The highest BCUT2D eigenvalue weighted by atomic mass is 127. The van der Waals surface area contributed by atoms with Crippen molar-refractivity contribution < 1.29 is 45.4 Å². The average Bonchev–Trinajstić information content (AvgIpc) is 3.92. The van der Waals surface area contributed by atoms with Crippen LogP contribution in [-0.2, 0) is 40.6 Å². The number of halogens is 1. The number of nitrogens with zero attached hydrogens (tertiary/aromatic N) is 6. The van der Waals surface area contributed by atoms with Crippen LogP contribution in [0.3, 0.4) is 0 Å². The summed E-state index contributed by atoms with van der Waals surface area (Å²) in [5.74, 6) is -1.12. The fourth-order valence-electron chi connectivity index (χ4n) is 6.30. The van der Waals surface area contributed by atoms with E-state index in [2.05, 4.69) is 25.3 Å². The number of anilines is 1. The lowest BCUT2D eigenvalue weighted by Gasteiger charge is -2.26. The van der Waals surface area contributed by atoms with Crippen LogP contribution in [0.25, 0.3) is 11.2 Å². The molecule has 0 radical (unpaired) electrons. The van der Waals surface area contributed by atoms with E-state index in [1.807, 2.05) is 12.1 Å². The number of ether oxygens (including phenoxy) is 4. The molecule has 1 amide bonds. The van der Waals surface area contributed by atoms with E-state index in [4.69, 9.17) is 40.6 Å². The first-order valence-corrected chi connectivity index (χ1v) is 18.6. The van der Waals surface area contributed by atoms with Crippen LogP contribution in [0.2, 0.25) is 0 Å². The smallest absolute Gasteiger partial charge is 0.333 e. The highest BCUT2D eigenvalue weighted by Crippen LogP contribution is 2.48. The molecule has 4 aromatic rings. The van der Waals surface area contributed by atoms with Gasteiger partial charge in [-0.2, -0.15) is 8.48 Å². The van der Waals surface area contributed by atoms with Crippen LogP contribution in [0.1, 0.15) is 49.5 Å². The first kappa shape index (κ1) is 38.5. The Morgan fingerprint density at radius 1 is 1.07 bits per heavy atom. The minimum absolute atomic E-state index is 0.0113. The van der Waals surface area contributed by atoms with E-state index < -0.39 is 68.6 Å². The minimum atomic E-state index is -2.13. The van der Waals surface area contributed by atoms with Crippen LogP contribution in [0.15, 0.2) is 64.8 Å². The molecule has 20 nitrogen and oxygen atoms in total. The van der Waals surface area contributed by atoms with E-state index in [0.29, 0.717) is 16.7 Å². The molecule has 8 atom stereocenters. The van der Waals surface area contributed by atoms with Gasteiger partial charge >= 0.3 is 14.3 Å². The third-order valence-corrected chi connectivity index (χ3v) is 10.1. The van der Waals surface area contributed by atoms with Crippen molar-refractivity contribution in [1.29, 1.82) is 5.26 Å². The molecular formula is C32H34IN8O12P. The first-order chi connectivity index (χ1) is 26.1. The van der Waals surface area contributed by atoms with Gasteiger partial charge in [-0.1, -0.05) is 18.2 Å². The number of aromatic amines is 1. The molecule has 22 heteroatoms. The summed E-state index contributed by atoms with van der Waals surface area (Å²) in [5, 5.41) is 12.0. The molecule has 8 unspecified atom stereocenters. The predicted octanol–water partition coefficient (Wildman–Crippen LogP) is 3.19. The van der Waals surface area contributed by atoms with Gasteiger partial charge in [0.05, 0.1) is 38.1 Å². The summed E-state index contributed by atoms with van der Waals surface area (Å²) in [6.07, 6.45) is -0.557. The topological polar surface area (TPSA) is 234 Å². The van der Waals surface area contributed by atoms with Crippen molar-refractivity contribution in [1.82, 2.24) is 29.1 Å². The van der Waals surface area contributed by atoms with Gasteiger partial charge < -0.3 is 37.8 Å². The lowest BCUT2D eigenvalue weighted by Crippen LogP contribution is -2.37. The Morgan fingerprint density at radius 2 is 1.89 bits per heavy atom. The molecule has 6 heterocycles. The number of carbonyl (C=O) groups is 1. The van der Waals surface area contributed by atoms with Gasteiger partial charge in [-0.05, 0) is 26.0 Å². The zero-order valence-electron chi connectivity index (χ0n) is 28.7. The molecule has 3 aliphatic rings. The molecule has 0 saturated carbocycles. The van der Waals surface area contributed by atoms with Gasteiger partial charge in [-0.15, -0.1) is 0 Å². The van der Waals surface area contributed by atoms with Crippen LogP contribution in [0.5, 0.6) is 0 Å². The maximum Gasteiger partial charge on any atom is 0.333 e. The van der Waals surface area contributed by atoms with Crippen LogP contribution in [0.4, 0.5) is 5.82 Å². The summed E-state index contributed by atoms with van der Waals surface area (Å²) in [5.41, 5.74) is -0.0162. The van der Waals surface area contributed by atoms with E-state index in [0.717, 1.165) is 0 Å². The largest absolute Gasteiger partial charge is 0.349 e. The number of hydrogen-bond donors (Lipinski definition) is 2. The third-order valence-electron chi connectivity index (χ3n) is 8.62. The number of nitrogens with one attached hydrogen (secondary N) is 2. The fourth-order valence-corrected chi connectivity index (χ4v) is 7.60. The minimum Gasteiger partial charge on any atom is -0.349 e. The molecule has 0 aliphatic carbocycles. The molecule has 3 saturated heterocycles. The molecule has 0 bridgehead atoms. The Balaban J connectivity index is 1.07. The van der Waals surface area contributed by atoms with Gasteiger partial charge in [0.2, 0.25) is 0 Å². The van der Waals surface area contributed by atoms with Crippen molar-refractivity contribution in [3.63, 3.8) is 0 Å². The zero-order chi connectivity index (χ0) is 37.8. The van der Waals surface area contributed by atoms with Crippen LogP contribution < -0.4 is 16.6 Å². The third kappa shape index (κ3) is 8.53. The quantitative estimate of drug-likeness (QED) is 0.0574. The van der Waals surface area contributed by atoms with Crippen molar-refractivity contribution >= 4 is 54.5 Å². The van der Waals surface area contributed by atoms with Gasteiger partial charge in [0.1, 0.15) is 43.6 Å². The molecule has 54 heavy (non-hydrogen) atoms. The van der Waals surface area contributed by atoms with Crippen molar-refractivity contribution in [2.24, 2.45) is 0 Å². The summed E-state index contributed by atoms with van der Waals surface area (Å²) in [6, 6.07) is 12.0. The molecular weight excluding hydrogens is 846 g/mol. The monoisotopic (exact) mass is 880 g/mol. The molecule has 0 spiro atoms. The Hall–Kier alpha value is -3.79. The molecule has 3 fully saturated rings.